The van der Waals surface area contributed by atoms with Gasteiger partial charge in [0, 0.05) is 36.9 Å². The summed E-state index contributed by atoms with van der Waals surface area (Å²) in [6.07, 6.45) is -2.31. The fraction of sp³-hybridized carbons (Fsp3) is 0.533. The molecule has 0 aliphatic heterocycles. The Kier molecular flexibility index (Phi) is 4.85. The zero-order chi connectivity index (χ0) is 16.3. The van der Waals surface area contributed by atoms with Crippen LogP contribution >= 0.6 is 0 Å². The first-order chi connectivity index (χ1) is 10.4. The van der Waals surface area contributed by atoms with Crippen LogP contribution in [-0.4, -0.2) is 37.3 Å². The maximum atomic E-state index is 12.8. The third kappa shape index (κ3) is 3.65. The van der Waals surface area contributed by atoms with Crippen LogP contribution in [0.15, 0.2) is 18.2 Å². The van der Waals surface area contributed by atoms with Crippen molar-refractivity contribution in [1.29, 1.82) is 0 Å². The molecule has 1 aliphatic carbocycles. The van der Waals surface area contributed by atoms with Crippen LogP contribution in [0.25, 0.3) is 0 Å². The molecule has 0 radical (unpaired) electrons. The van der Waals surface area contributed by atoms with E-state index >= 15 is 0 Å². The molecule has 1 atom stereocenters. The van der Waals surface area contributed by atoms with Crippen molar-refractivity contribution in [3.05, 3.63) is 23.8 Å². The summed E-state index contributed by atoms with van der Waals surface area (Å²) in [4.78, 5) is 11.8. The number of ether oxygens (including phenoxy) is 2. The normalized spacial score (nSPS) is 18.2. The molecular weight excluding hydrogens is 296 g/mol. The topological polar surface area (TPSA) is 67.8 Å². The summed E-state index contributed by atoms with van der Waals surface area (Å²) < 4.78 is 35.8. The Balaban J connectivity index is 1.91. The predicted octanol–water partition coefficient (Wildman–Crippen LogP) is 1.73. The number of nitrogens with one attached hydrogen (secondary N) is 1. The molecule has 1 fully saturated rings. The molecule has 2 N–H and O–H groups in total. The molecule has 22 heavy (non-hydrogen) atoms. The number of halogens is 2. The van der Waals surface area contributed by atoms with Crippen LogP contribution in [0.3, 0.4) is 0 Å². The smallest absolute Gasteiger partial charge is 0.249 e. The van der Waals surface area contributed by atoms with Gasteiger partial charge in [-0.1, -0.05) is 0 Å². The lowest BCUT2D eigenvalue weighted by Crippen LogP contribution is -2.48. The lowest BCUT2D eigenvalue weighted by Gasteiger charge is -2.37. The second kappa shape index (κ2) is 6.48. The number of amides is 1. The van der Waals surface area contributed by atoms with Gasteiger partial charge in [-0.25, -0.2) is 8.78 Å². The molecule has 1 aliphatic rings. The molecule has 7 heteroatoms. The van der Waals surface area contributed by atoms with Gasteiger partial charge in [0.05, 0.1) is 14.2 Å². The fourth-order valence-electron chi connectivity index (χ4n) is 2.43. The lowest BCUT2D eigenvalue weighted by molar-refractivity contribution is -0.157. The Morgan fingerprint density at radius 3 is 2.64 bits per heavy atom. The SMILES string of the molecule is COc1ccc(CNC(=O)[C@H](O)C2CC(F)(F)C2)c(OC)c1. The third-order valence-corrected chi connectivity index (χ3v) is 3.78. The highest BCUT2D eigenvalue weighted by molar-refractivity contribution is 5.81. The zero-order valence-electron chi connectivity index (χ0n) is 12.4. The number of alkyl halides is 2. The number of methoxy groups -OCH3 is 2. The van der Waals surface area contributed by atoms with Crippen molar-refractivity contribution >= 4 is 5.91 Å². The number of aliphatic hydroxyl groups excluding tert-OH is 1. The number of rotatable bonds is 6. The van der Waals surface area contributed by atoms with E-state index in [1.165, 1.54) is 14.2 Å². The van der Waals surface area contributed by atoms with E-state index in [1.54, 1.807) is 18.2 Å². The van der Waals surface area contributed by atoms with Gasteiger partial charge in [-0.05, 0) is 12.1 Å². The molecule has 0 saturated heterocycles. The maximum Gasteiger partial charge on any atom is 0.249 e. The summed E-state index contributed by atoms with van der Waals surface area (Å²) in [5.41, 5.74) is 0.697. The molecule has 0 aromatic heterocycles. The molecule has 0 spiro atoms. The molecule has 5 nitrogen and oxygen atoms in total. The highest BCUT2D eigenvalue weighted by atomic mass is 19.3. The third-order valence-electron chi connectivity index (χ3n) is 3.78. The van der Waals surface area contributed by atoms with Crippen LogP contribution in [0.4, 0.5) is 8.78 Å². The van der Waals surface area contributed by atoms with E-state index in [4.69, 9.17) is 9.47 Å². The summed E-state index contributed by atoms with van der Waals surface area (Å²) in [7, 11) is 3.02. The van der Waals surface area contributed by atoms with E-state index in [-0.39, 0.29) is 6.54 Å². The van der Waals surface area contributed by atoms with Crippen LogP contribution in [0.5, 0.6) is 11.5 Å². The Hall–Kier alpha value is -1.89. The van der Waals surface area contributed by atoms with Crippen molar-refractivity contribution in [1.82, 2.24) is 5.32 Å². The number of carbonyl (C=O) groups excluding carboxylic acids is 1. The number of carbonyl (C=O) groups is 1. The Bertz CT molecular complexity index is 542. The predicted molar refractivity (Wildman–Crippen MR) is 75.1 cm³/mol. The molecule has 1 aromatic carbocycles. The Morgan fingerprint density at radius 1 is 1.41 bits per heavy atom. The van der Waals surface area contributed by atoms with Crippen molar-refractivity contribution in [3.63, 3.8) is 0 Å². The van der Waals surface area contributed by atoms with E-state index in [0.29, 0.717) is 17.1 Å². The summed E-state index contributed by atoms with van der Waals surface area (Å²) >= 11 is 0. The van der Waals surface area contributed by atoms with Crippen LogP contribution < -0.4 is 14.8 Å². The average Bonchev–Trinajstić information content (AvgIpc) is 2.49. The van der Waals surface area contributed by atoms with Gasteiger partial charge in [0.25, 0.3) is 0 Å². The monoisotopic (exact) mass is 315 g/mol. The average molecular weight is 315 g/mol. The van der Waals surface area contributed by atoms with Crippen LogP contribution in [0.1, 0.15) is 18.4 Å². The number of benzene rings is 1. The van der Waals surface area contributed by atoms with Crippen molar-refractivity contribution in [2.45, 2.75) is 31.4 Å². The minimum Gasteiger partial charge on any atom is -0.497 e. The van der Waals surface area contributed by atoms with Crippen molar-refractivity contribution in [2.24, 2.45) is 5.92 Å². The second-order valence-corrected chi connectivity index (χ2v) is 5.36. The van der Waals surface area contributed by atoms with Gasteiger partial charge in [0.1, 0.15) is 17.6 Å². The number of hydrogen-bond acceptors (Lipinski definition) is 4. The van der Waals surface area contributed by atoms with Gasteiger partial charge >= 0.3 is 0 Å². The Labute approximate surface area is 127 Å². The quantitative estimate of drug-likeness (QED) is 0.839. The van der Waals surface area contributed by atoms with Gasteiger partial charge in [0.2, 0.25) is 11.8 Å². The standard InChI is InChI=1S/C15H19F2NO4/c1-21-11-4-3-9(12(5-11)22-2)8-18-14(20)13(19)10-6-15(16,17)7-10/h3-5,10,13,19H,6-8H2,1-2H3,(H,18,20)/t13-/m1/s1. The van der Waals surface area contributed by atoms with E-state index in [1.807, 2.05) is 0 Å². The molecule has 122 valence electrons. The van der Waals surface area contributed by atoms with Crippen molar-refractivity contribution in [3.8, 4) is 11.5 Å². The summed E-state index contributed by atoms with van der Waals surface area (Å²) in [6.45, 7) is 0.131. The van der Waals surface area contributed by atoms with E-state index < -0.39 is 36.7 Å². The largest absolute Gasteiger partial charge is 0.497 e. The van der Waals surface area contributed by atoms with Gasteiger partial charge in [-0.3, -0.25) is 4.79 Å². The lowest BCUT2D eigenvalue weighted by atomic mass is 9.77. The highest BCUT2D eigenvalue weighted by Gasteiger charge is 2.49. The van der Waals surface area contributed by atoms with Crippen LogP contribution in [0, 0.1) is 5.92 Å². The minimum absolute atomic E-state index is 0.131. The summed E-state index contributed by atoms with van der Waals surface area (Å²) in [5.74, 6) is -2.95. The first kappa shape index (κ1) is 16.5. The van der Waals surface area contributed by atoms with Gasteiger partial charge in [0.15, 0.2) is 0 Å². The second-order valence-electron chi connectivity index (χ2n) is 5.36. The van der Waals surface area contributed by atoms with Crippen molar-refractivity contribution < 1.29 is 28.2 Å². The summed E-state index contributed by atoms with van der Waals surface area (Å²) in [5, 5.41) is 12.3. The molecule has 1 saturated carbocycles. The first-order valence-corrected chi connectivity index (χ1v) is 6.91. The van der Waals surface area contributed by atoms with Crippen molar-refractivity contribution in [2.75, 3.05) is 14.2 Å². The molecule has 0 unspecified atom stereocenters. The van der Waals surface area contributed by atoms with Gasteiger partial charge in [-0.15, -0.1) is 0 Å². The van der Waals surface area contributed by atoms with E-state index in [0.717, 1.165) is 0 Å². The van der Waals surface area contributed by atoms with Crippen LogP contribution in [-0.2, 0) is 11.3 Å². The first-order valence-electron chi connectivity index (χ1n) is 6.91. The maximum absolute atomic E-state index is 12.8. The van der Waals surface area contributed by atoms with Crippen LogP contribution in [0.2, 0.25) is 0 Å². The van der Waals surface area contributed by atoms with E-state index in [9.17, 15) is 18.7 Å². The minimum atomic E-state index is -2.76. The molecule has 2 rings (SSSR count). The van der Waals surface area contributed by atoms with E-state index in [2.05, 4.69) is 5.32 Å². The fourth-order valence-corrected chi connectivity index (χ4v) is 2.43. The van der Waals surface area contributed by atoms with Gasteiger partial charge in [-0.2, -0.15) is 0 Å². The zero-order valence-corrected chi connectivity index (χ0v) is 12.4. The molecule has 0 bridgehead atoms. The van der Waals surface area contributed by atoms with Gasteiger partial charge < -0.3 is 19.9 Å². The Morgan fingerprint density at radius 2 is 2.09 bits per heavy atom. The molecule has 1 aromatic rings. The summed E-state index contributed by atoms with van der Waals surface area (Å²) in [6, 6.07) is 5.11. The molecule has 0 heterocycles. The number of hydrogen-bond donors (Lipinski definition) is 2. The molecular formula is C15H19F2NO4. The highest BCUT2D eigenvalue weighted by Crippen LogP contribution is 2.44. The molecule has 1 amide bonds. The number of aliphatic hydroxyl groups is 1.